The van der Waals surface area contributed by atoms with Crippen LogP contribution in [0.2, 0.25) is 0 Å². The monoisotopic (exact) mass is 412 g/mol. The fraction of sp³-hybridized carbons (Fsp3) is 0.579. The minimum Gasteiger partial charge on any atom is -0.492 e. The molecule has 1 aliphatic carbocycles. The van der Waals surface area contributed by atoms with E-state index in [1.54, 1.807) is 26.8 Å². The Labute approximate surface area is 166 Å². The van der Waals surface area contributed by atoms with Gasteiger partial charge in [-0.05, 0) is 37.5 Å². The highest BCUT2D eigenvalue weighted by Gasteiger charge is 2.40. The van der Waals surface area contributed by atoms with Gasteiger partial charge in [0.1, 0.15) is 10.6 Å². The number of ether oxygens (including phenoxy) is 2. The smallest absolute Gasteiger partial charge is 0.309 e. The predicted octanol–water partition coefficient (Wildman–Crippen LogP) is 2.25. The number of nitrogens with zero attached hydrogens (tertiary/aromatic N) is 1. The molecule has 0 heterocycles. The lowest BCUT2D eigenvalue weighted by molar-refractivity contribution is -0.148. The fourth-order valence-electron chi connectivity index (χ4n) is 2.86. The van der Waals surface area contributed by atoms with Gasteiger partial charge in [-0.2, -0.15) is 4.31 Å². The molecule has 0 radical (unpaired) electrons. The SMILES string of the molecule is CCOc1ccc(NC(=O)COC(=O)[C@H]2C[C@H]2C)cc1S(=O)(=O)N(CC)CC. The zero-order valence-electron chi connectivity index (χ0n) is 16.7. The number of carbonyl (C=O) groups excluding carboxylic acids is 2. The molecule has 0 unspecified atom stereocenters. The van der Waals surface area contributed by atoms with Crippen molar-refractivity contribution in [3.63, 3.8) is 0 Å². The van der Waals surface area contributed by atoms with Gasteiger partial charge in [0.05, 0.1) is 12.5 Å². The van der Waals surface area contributed by atoms with Gasteiger partial charge in [-0.15, -0.1) is 0 Å². The maximum Gasteiger partial charge on any atom is 0.309 e. The highest BCUT2D eigenvalue weighted by Crippen LogP contribution is 2.38. The van der Waals surface area contributed by atoms with E-state index in [2.05, 4.69) is 5.32 Å². The van der Waals surface area contributed by atoms with Gasteiger partial charge < -0.3 is 14.8 Å². The van der Waals surface area contributed by atoms with Crippen molar-refractivity contribution in [3.8, 4) is 5.75 Å². The number of anilines is 1. The minimum absolute atomic E-state index is 0.0142. The first-order chi connectivity index (χ1) is 13.2. The third kappa shape index (κ3) is 5.23. The molecule has 1 aromatic rings. The molecule has 1 N–H and O–H groups in total. The molecule has 0 saturated heterocycles. The van der Waals surface area contributed by atoms with Crippen LogP contribution in [0.4, 0.5) is 5.69 Å². The van der Waals surface area contributed by atoms with Gasteiger partial charge in [0.2, 0.25) is 10.0 Å². The van der Waals surface area contributed by atoms with Crippen molar-refractivity contribution < 1.29 is 27.5 Å². The van der Waals surface area contributed by atoms with E-state index in [-0.39, 0.29) is 28.2 Å². The van der Waals surface area contributed by atoms with E-state index in [0.717, 1.165) is 6.42 Å². The third-order valence-electron chi connectivity index (χ3n) is 4.61. The summed E-state index contributed by atoms with van der Waals surface area (Å²) >= 11 is 0. The summed E-state index contributed by atoms with van der Waals surface area (Å²) in [4.78, 5) is 23.8. The standard InChI is InChI=1S/C19H28N2O6S/c1-5-21(6-2)28(24,25)17-11-14(8-9-16(17)26-7-3)20-18(22)12-27-19(23)15-10-13(15)4/h8-9,11,13,15H,5-7,10,12H2,1-4H3,(H,20,22)/t13-,15+/m1/s1. The topological polar surface area (TPSA) is 102 Å². The number of sulfonamides is 1. The van der Waals surface area contributed by atoms with E-state index in [1.165, 1.54) is 16.4 Å². The summed E-state index contributed by atoms with van der Waals surface area (Å²) in [6, 6.07) is 4.42. The summed E-state index contributed by atoms with van der Waals surface area (Å²) < 4.78 is 37.6. The zero-order chi connectivity index (χ0) is 20.9. The maximum atomic E-state index is 12.9. The van der Waals surface area contributed by atoms with Gasteiger partial charge in [0, 0.05) is 18.8 Å². The minimum atomic E-state index is -3.78. The zero-order valence-corrected chi connectivity index (χ0v) is 17.5. The molecule has 1 saturated carbocycles. The fourth-order valence-corrected chi connectivity index (χ4v) is 4.47. The lowest BCUT2D eigenvalue weighted by Gasteiger charge is -2.21. The van der Waals surface area contributed by atoms with Crippen molar-refractivity contribution in [1.82, 2.24) is 4.31 Å². The number of esters is 1. The molecule has 9 heteroatoms. The molecule has 0 bridgehead atoms. The van der Waals surface area contributed by atoms with Crippen LogP contribution >= 0.6 is 0 Å². The summed E-state index contributed by atoms with van der Waals surface area (Å²) in [5.74, 6) is -0.503. The van der Waals surface area contributed by atoms with Crippen LogP contribution in [0.1, 0.15) is 34.1 Å². The third-order valence-corrected chi connectivity index (χ3v) is 6.68. The Balaban J connectivity index is 2.15. The highest BCUT2D eigenvalue weighted by molar-refractivity contribution is 7.89. The molecule has 1 amide bonds. The Kier molecular flexibility index (Phi) is 7.42. The molecular weight excluding hydrogens is 384 g/mol. The second-order valence-corrected chi connectivity index (χ2v) is 8.57. The molecule has 0 aliphatic heterocycles. The molecule has 1 aliphatic rings. The van der Waals surface area contributed by atoms with Gasteiger partial charge >= 0.3 is 5.97 Å². The number of hydrogen-bond acceptors (Lipinski definition) is 6. The van der Waals surface area contributed by atoms with Crippen molar-refractivity contribution in [1.29, 1.82) is 0 Å². The molecule has 0 aromatic heterocycles. The number of benzene rings is 1. The first kappa shape index (κ1) is 22.2. The van der Waals surface area contributed by atoms with E-state index in [1.807, 2.05) is 6.92 Å². The van der Waals surface area contributed by atoms with Crippen LogP contribution in [0.3, 0.4) is 0 Å². The van der Waals surface area contributed by atoms with Crippen molar-refractivity contribution in [2.75, 3.05) is 31.6 Å². The van der Waals surface area contributed by atoms with Crippen molar-refractivity contribution in [3.05, 3.63) is 18.2 Å². The number of hydrogen-bond donors (Lipinski definition) is 1. The molecule has 8 nitrogen and oxygen atoms in total. The Morgan fingerprint density at radius 1 is 1.21 bits per heavy atom. The van der Waals surface area contributed by atoms with Gasteiger partial charge in [0.25, 0.3) is 5.91 Å². The van der Waals surface area contributed by atoms with Crippen LogP contribution in [0.15, 0.2) is 23.1 Å². The molecule has 2 rings (SSSR count). The van der Waals surface area contributed by atoms with Gasteiger partial charge in [0.15, 0.2) is 6.61 Å². The van der Waals surface area contributed by atoms with E-state index < -0.39 is 22.5 Å². The molecule has 2 atom stereocenters. The largest absolute Gasteiger partial charge is 0.492 e. The summed E-state index contributed by atoms with van der Waals surface area (Å²) in [7, 11) is -3.78. The molecule has 1 aromatic carbocycles. The van der Waals surface area contributed by atoms with Crippen LogP contribution < -0.4 is 10.1 Å². The van der Waals surface area contributed by atoms with Crippen molar-refractivity contribution in [2.24, 2.45) is 11.8 Å². The Bertz CT molecular complexity index is 820. The summed E-state index contributed by atoms with van der Waals surface area (Å²) in [6.45, 7) is 7.75. The lowest BCUT2D eigenvalue weighted by Crippen LogP contribution is -2.31. The number of nitrogens with one attached hydrogen (secondary N) is 1. The Morgan fingerprint density at radius 2 is 1.86 bits per heavy atom. The van der Waals surface area contributed by atoms with Crippen molar-refractivity contribution in [2.45, 2.75) is 39.0 Å². The summed E-state index contributed by atoms with van der Waals surface area (Å²) in [5, 5.41) is 2.57. The van der Waals surface area contributed by atoms with Crippen molar-refractivity contribution >= 4 is 27.6 Å². The molecule has 0 spiro atoms. The van der Waals surface area contributed by atoms with Gasteiger partial charge in [-0.3, -0.25) is 9.59 Å². The average molecular weight is 413 g/mol. The normalized spacial score (nSPS) is 18.6. The van der Waals surface area contributed by atoms with Crippen LogP contribution in [0.25, 0.3) is 0 Å². The van der Waals surface area contributed by atoms with Gasteiger partial charge in [-0.1, -0.05) is 20.8 Å². The first-order valence-electron chi connectivity index (χ1n) is 9.48. The average Bonchev–Trinajstić information content (AvgIpc) is 3.38. The van der Waals surface area contributed by atoms with Crippen LogP contribution in [-0.2, 0) is 24.3 Å². The Morgan fingerprint density at radius 3 is 2.39 bits per heavy atom. The maximum absolute atomic E-state index is 12.9. The summed E-state index contributed by atoms with van der Waals surface area (Å²) in [6.07, 6.45) is 0.784. The Hall–Kier alpha value is -2.13. The second-order valence-electron chi connectivity index (χ2n) is 6.66. The summed E-state index contributed by atoms with van der Waals surface area (Å²) in [5.41, 5.74) is 0.287. The molecule has 156 valence electrons. The van der Waals surface area contributed by atoms with Crippen LogP contribution in [-0.4, -0.2) is 50.9 Å². The van der Waals surface area contributed by atoms with E-state index >= 15 is 0 Å². The predicted molar refractivity (Wildman–Crippen MR) is 105 cm³/mol. The molecular formula is C19H28N2O6S. The van der Waals surface area contributed by atoms with E-state index in [9.17, 15) is 18.0 Å². The van der Waals surface area contributed by atoms with Gasteiger partial charge in [-0.25, -0.2) is 8.42 Å². The molecule has 1 fully saturated rings. The lowest BCUT2D eigenvalue weighted by atomic mass is 10.3. The number of carbonyl (C=O) groups is 2. The molecule has 28 heavy (non-hydrogen) atoms. The quantitative estimate of drug-likeness (QED) is 0.592. The van der Waals surface area contributed by atoms with E-state index in [0.29, 0.717) is 25.6 Å². The first-order valence-corrected chi connectivity index (χ1v) is 10.9. The van der Waals surface area contributed by atoms with Crippen LogP contribution in [0, 0.1) is 11.8 Å². The second kappa shape index (κ2) is 9.38. The van der Waals surface area contributed by atoms with E-state index in [4.69, 9.17) is 9.47 Å². The number of rotatable bonds is 10. The number of amides is 1. The highest BCUT2D eigenvalue weighted by atomic mass is 32.2. The van der Waals surface area contributed by atoms with Crippen LogP contribution in [0.5, 0.6) is 5.75 Å².